The van der Waals surface area contributed by atoms with Gasteiger partial charge in [0, 0.05) is 0 Å². The fourth-order valence-electron chi connectivity index (χ4n) is 2.03. The van der Waals surface area contributed by atoms with Crippen molar-refractivity contribution in [1.82, 2.24) is 10.3 Å². The fourth-order valence-corrected chi connectivity index (χ4v) is 2.81. The summed E-state index contributed by atoms with van der Waals surface area (Å²) in [7, 11) is 0. The van der Waals surface area contributed by atoms with Gasteiger partial charge in [-0.3, -0.25) is 4.79 Å². The number of aromatic nitrogens is 1. The Morgan fingerprint density at radius 2 is 1.96 bits per heavy atom. The predicted octanol–water partition coefficient (Wildman–Crippen LogP) is 2.38. The molecule has 2 rings (SSSR count). The minimum Gasteiger partial charge on any atom is -0.383 e. The summed E-state index contributed by atoms with van der Waals surface area (Å²) in [5.41, 5.74) is 7.05. The molecule has 0 aliphatic carbocycles. The van der Waals surface area contributed by atoms with Crippen molar-refractivity contribution in [1.29, 1.82) is 10.5 Å². The van der Waals surface area contributed by atoms with Gasteiger partial charge < -0.3 is 11.1 Å². The number of nitrogen functional groups attached to an aromatic ring is 1. The standard InChI is InChI=1S/C17H15N5OS/c1-11(12-5-3-2-4-6-12)21-15(23)10-24-17-14(9-19)7-13(8-18)16(20)22-17/h2-7,11H,10H2,1H3,(H2,20,22)(H,21,23). The van der Waals surface area contributed by atoms with Crippen LogP contribution in [0.15, 0.2) is 41.4 Å². The van der Waals surface area contributed by atoms with Gasteiger partial charge in [-0.05, 0) is 18.6 Å². The van der Waals surface area contributed by atoms with E-state index in [0.29, 0.717) is 5.03 Å². The molecule has 0 spiro atoms. The van der Waals surface area contributed by atoms with E-state index in [4.69, 9.17) is 16.3 Å². The third kappa shape index (κ3) is 4.25. The molecule has 7 heteroatoms. The third-order valence-corrected chi connectivity index (χ3v) is 4.27. The summed E-state index contributed by atoms with van der Waals surface area (Å²) in [6.07, 6.45) is 0. The number of carbonyl (C=O) groups excluding carboxylic acids is 1. The summed E-state index contributed by atoms with van der Waals surface area (Å²) < 4.78 is 0. The number of anilines is 1. The highest BCUT2D eigenvalue weighted by molar-refractivity contribution is 8.00. The highest BCUT2D eigenvalue weighted by Gasteiger charge is 2.14. The highest BCUT2D eigenvalue weighted by Crippen LogP contribution is 2.24. The largest absolute Gasteiger partial charge is 0.383 e. The number of benzene rings is 1. The zero-order valence-corrected chi connectivity index (χ0v) is 13.8. The summed E-state index contributed by atoms with van der Waals surface area (Å²) >= 11 is 1.12. The number of hydrogen-bond donors (Lipinski definition) is 2. The Kier molecular flexibility index (Phi) is 5.78. The first-order chi connectivity index (χ1) is 11.5. The molecule has 0 fully saturated rings. The topological polar surface area (TPSA) is 116 Å². The Labute approximate surface area is 144 Å². The van der Waals surface area contributed by atoms with E-state index in [9.17, 15) is 4.79 Å². The number of rotatable bonds is 5. The van der Waals surface area contributed by atoms with Crippen molar-refractivity contribution < 1.29 is 4.79 Å². The van der Waals surface area contributed by atoms with Crippen LogP contribution in [0.3, 0.4) is 0 Å². The van der Waals surface area contributed by atoms with Crippen LogP contribution >= 0.6 is 11.8 Å². The molecule has 6 nitrogen and oxygen atoms in total. The van der Waals surface area contributed by atoms with Gasteiger partial charge in [-0.15, -0.1) is 0 Å². The minimum atomic E-state index is -0.176. The van der Waals surface area contributed by atoms with Crippen molar-refractivity contribution in [2.75, 3.05) is 11.5 Å². The zero-order chi connectivity index (χ0) is 17.5. The second kappa shape index (κ2) is 8.00. The Morgan fingerprint density at radius 1 is 1.29 bits per heavy atom. The number of pyridine rings is 1. The molecule has 2 aromatic rings. The molecule has 1 unspecified atom stereocenters. The average Bonchev–Trinajstić information content (AvgIpc) is 2.60. The van der Waals surface area contributed by atoms with Crippen molar-refractivity contribution in [2.24, 2.45) is 0 Å². The fraction of sp³-hybridized carbons (Fsp3) is 0.176. The van der Waals surface area contributed by atoms with Crippen LogP contribution in [0.4, 0.5) is 5.82 Å². The van der Waals surface area contributed by atoms with Crippen LogP contribution in [0.1, 0.15) is 29.7 Å². The molecule has 0 aliphatic heterocycles. The number of hydrogen-bond acceptors (Lipinski definition) is 6. The summed E-state index contributed by atoms with van der Waals surface area (Å²) in [6, 6.07) is 14.7. The molecule has 1 aromatic carbocycles. The number of nitrogens with zero attached hydrogens (tertiary/aromatic N) is 3. The average molecular weight is 337 g/mol. The number of amides is 1. The van der Waals surface area contributed by atoms with Gasteiger partial charge in [0.25, 0.3) is 0 Å². The lowest BCUT2D eigenvalue weighted by atomic mass is 10.1. The first-order valence-corrected chi connectivity index (χ1v) is 8.11. The number of nitrogens with two attached hydrogens (primary N) is 1. The van der Waals surface area contributed by atoms with Gasteiger partial charge >= 0.3 is 0 Å². The molecule has 1 atom stereocenters. The predicted molar refractivity (Wildman–Crippen MR) is 91.8 cm³/mol. The van der Waals surface area contributed by atoms with E-state index in [-0.39, 0.29) is 34.6 Å². The van der Waals surface area contributed by atoms with Crippen LogP contribution in [0.5, 0.6) is 0 Å². The lowest BCUT2D eigenvalue weighted by Gasteiger charge is -2.14. The molecule has 0 aliphatic rings. The van der Waals surface area contributed by atoms with E-state index in [2.05, 4.69) is 10.3 Å². The third-order valence-electron chi connectivity index (χ3n) is 3.27. The maximum atomic E-state index is 12.1. The van der Waals surface area contributed by atoms with Gasteiger partial charge in [0.05, 0.1) is 22.9 Å². The maximum absolute atomic E-state index is 12.1. The monoisotopic (exact) mass is 337 g/mol. The molecule has 0 saturated carbocycles. The first kappa shape index (κ1) is 17.3. The highest BCUT2D eigenvalue weighted by atomic mass is 32.2. The van der Waals surface area contributed by atoms with Gasteiger partial charge in [0.2, 0.25) is 5.91 Å². The van der Waals surface area contributed by atoms with Crippen molar-refractivity contribution in [3.63, 3.8) is 0 Å². The molecule has 24 heavy (non-hydrogen) atoms. The van der Waals surface area contributed by atoms with Gasteiger partial charge in [-0.1, -0.05) is 42.1 Å². The normalized spacial score (nSPS) is 11.1. The van der Waals surface area contributed by atoms with E-state index in [1.165, 1.54) is 6.07 Å². The Balaban J connectivity index is 2.01. The van der Waals surface area contributed by atoms with E-state index in [1.54, 1.807) is 0 Å². The zero-order valence-electron chi connectivity index (χ0n) is 13.0. The van der Waals surface area contributed by atoms with Gasteiger partial charge in [-0.25, -0.2) is 4.98 Å². The maximum Gasteiger partial charge on any atom is 0.230 e. The van der Waals surface area contributed by atoms with Crippen molar-refractivity contribution in [3.05, 3.63) is 53.1 Å². The van der Waals surface area contributed by atoms with Crippen LogP contribution in [0.25, 0.3) is 0 Å². The second-order valence-electron chi connectivity index (χ2n) is 4.99. The van der Waals surface area contributed by atoms with E-state index >= 15 is 0 Å². The molecule has 1 heterocycles. The molecular formula is C17H15N5OS. The lowest BCUT2D eigenvalue weighted by molar-refractivity contribution is -0.119. The van der Waals surface area contributed by atoms with Crippen LogP contribution in [0, 0.1) is 22.7 Å². The Morgan fingerprint density at radius 3 is 2.58 bits per heavy atom. The molecule has 3 N–H and O–H groups in total. The molecule has 0 radical (unpaired) electrons. The van der Waals surface area contributed by atoms with Crippen molar-refractivity contribution in [2.45, 2.75) is 18.0 Å². The van der Waals surface area contributed by atoms with E-state index in [0.717, 1.165) is 17.3 Å². The van der Waals surface area contributed by atoms with Crippen LogP contribution in [-0.2, 0) is 4.79 Å². The number of nitriles is 2. The molecule has 0 saturated heterocycles. The molecule has 0 bridgehead atoms. The van der Waals surface area contributed by atoms with Crippen LogP contribution < -0.4 is 11.1 Å². The van der Waals surface area contributed by atoms with Gasteiger partial charge in [0.15, 0.2) is 0 Å². The smallest absolute Gasteiger partial charge is 0.230 e. The lowest BCUT2D eigenvalue weighted by Crippen LogP contribution is -2.28. The number of carbonyl (C=O) groups is 1. The Hall–Kier alpha value is -3.03. The van der Waals surface area contributed by atoms with E-state index < -0.39 is 0 Å². The van der Waals surface area contributed by atoms with Crippen molar-refractivity contribution in [3.8, 4) is 12.1 Å². The van der Waals surface area contributed by atoms with Crippen LogP contribution in [0.2, 0.25) is 0 Å². The summed E-state index contributed by atoms with van der Waals surface area (Å²) in [5, 5.41) is 21.3. The van der Waals surface area contributed by atoms with Crippen molar-refractivity contribution >= 4 is 23.5 Å². The van der Waals surface area contributed by atoms with Crippen LogP contribution in [-0.4, -0.2) is 16.6 Å². The van der Waals surface area contributed by atoms with E-state index in [1.807, 2.05) is 49.4 Å². The number of thioether (sulfide) groups is 1. The van der Waals surface area contributed by atoms with Gasteiger partial charge in [-0.2, -0.15) is 10.5 Å². The quantitative estimate of drug-likeness (QED) is 0.809. The number of nitrogens with one attached hydrogen (secondary N) is 1. The minimum absolute atomic E-state index is 0.0528. The first-order valence-electron chi connectivity index (χ1n) is 7.13. The molecule has 1 aromatic heterocycles. The second-order valence-corrected chi connectivity index (χ2v) is 5.95. The molecule has 1 amide bonds. The molecular weight excluding hydrogens is 322 g/mol. The summed E-state index contributed by atoms with van der Waals surface area (Å²) in [6.45, 7) is 1.90. The Bertz CT molecular complexity index is 823. The molecule has 120 valence electrons. The summed E-state index contributed by atoms with van der Waals surface area (Å²) in [4.78, 5) is 16.1. The summed E-state index contributed by atoms with van der Waals surface area (Å²) in [5.74, 6) is -0.0217. The van der Waals surface area contributed by atoms with Gasteiger partial charge in [0.1, 0.15) is 23.0 Å². The SMILES string of the molecule is CC(NC(=O)CSc1nc(N)c(C#N)cc1C#N)c1ccccc1.